The van der Waals surface area contributed by atoms with E-state index >= 15 is 0 Å². The fourth-order valence-electron chi connectivity index (χ4n) is 2.39. The second-order valence-electron chi connectivity index (χ2n) is 5.15. The van der Waals surface area contributed by atoms with Crippen LogP contribution in [0.1, 0.15) is 17.4 Å². The molecule has 2 amide bonds. The van der Waals surface area contributed by atoms with E-state index in [4.69, 9.17) is 4.74 Å². The van der Waals surface area contributed by atoms with Gasteiger partial charge in [-0.25, -0.2) is 4.79 Å². The first-order chi connectivity index (χ1) is 9.69. The van der Waals surface area contributed by atoms with Gasteiger partial charge in [-0.3, -0.25) is 4.90 Å². The summed E-state index contributed by atoms with van der Waals surface area (Å²) in [6.45, 7) is 6.10. The Morgan fingerprint density at radius 1 is 1.60 bits per heavy atom. The van der Waals surface area contributed by atoms with Crippen LogP contribution in [0.4, 0.5) is 4.79 Å². The quantitative estimate of drug-likeness (QED) is 0.835. The monoisotopic (exact) mass is 297 g/mol. The molecule has 1 aromatic heterocycles. The molecule has 6 heteroatoms. The molecular weight excluding hydrogens is 274 g/mol. The molecule has 112 valence electrons. The molecule has 1 aliphatic rings. The molecule has 20 heavy (non-hydrogen) atoms. The number of nitrogens with zero attached hydrogens (tertiary/aromatic N) is 1. The Morgan fingerprint density at radius 2 is 2.45 bits per heavy atom. The van der Waals surface area contributed by atoms with Crippen molar-refractivity contribution in [2.75, 3.05) is 33.4 Å². The molecule has 1 unspecified atom stereocenters. The van der Waals surface area contributed by atoms with E-state index in [1.54, 1.807) is 7.11 Å². The second kappa shape index (κ2) is 7.61. The average molecular weight is 297 g/mol. The molecule has 0 radical (unpaired) electrons. The number of rotatable bonds is 6. The second-order valence-corrected chi connectivity index (χ2v) is 6.15. The summed E-state index contributed by atoms with van der Waals surface area (Å²) in [6.07, 6.45) is 1.13. The number of ether oxygens (including phenoxy) is 1. The van der Waals surface area contributed by atoms with E-state index < -0.39 is 0 Å². The number of urea groups is 1. The van der Waals surface area contributed by atoms with Crippen molar-refractivity contribution in [1.82, 2.24) is 15.5 Å². The highest BCUT2D eigenvalue weighted by molar-refractivity contribution is 7.10. The summed E-state index contributed by atoms with van der Waals surface area (Å²) in [5.74, 6) is 0. The molecule has 2 N–H and O–H groups in total. The first-order valence-electron chi connectivity index (χ1n) is 7.00. The normalized spacial score (nSPS) is 16.5. The number of fused-ring (bicyclic) bond motifs is 1. The van der Waals surface area contributed by atoms with Gasteiger partial charge in [-0.15, -0.1) is 11.3 Å². The Balaban J connectivity index is 1.63. The first-order valence-corrected chi connectivity index (χ1v) is 7.88. The number of carbonyl (C=O) groups is 1. The van der Waals surface area contributed by atoms with E-state index in [2.05, 4.69) is 27.0 Å². The van der Waals surface area contributed by atoms with Gasteiger partial charge in [-0.2, -0.15) is 0 Å². The predicted molar refractivity (Wildman–Crippen MR) is 81.2 cm³/mol. The van der Waals surface area contributed by atoms with Crippen LogP contribution in [0.5, 0.6) is 0 Å². The number of methoxy groups -OCH3 is 1. The van der Waals surface area contributed by atoms with Crippen molar-refractivity contribution in [3.05, 3.63) is 21.9 Å². The lowest BCUT2D eigenvalue weighted by atomic mass is 10.1. The van der Waals surface area contributed by atoms with Crippen LogP contribution in [0.25, 0.3) is 0 Å². The largest absolute Gasteiger partial charge is 0.383 e. The summed E-state index contributed by atoms with van der Waals surface area (Å²) < 4.78 is 4.98. The van der Waals surface area contributed by atoms with Crippen molar-refractivity contribution in [1.29, 1.82) is 0 Å². The number of hydrogen-bond acceptors (Lipinski definition) is 4. The van der Waals surface area contributed by atoms with Gasteiger partial charge in [0.05, 0.1) is 12.6 Å². The minimum atomic E-state index is -0.122. The lowest BCUT2D eigenvalue weighted by Gasteiger charge is -2.26. The van der Waals surface area contributed by atoms with Crippen LogP contribution in [-0.2, 0) is 17.7 Å². The summed E-state index contributed by atoms with van der Waals surface area (Å²) in [5.41, 5.74) is 1.44. The van der Waals surface area contributed by atoms with Gasteiger partial charge in [0.25, 0.3) is 0 Å². The summed E-state index contributed by atoms with van der Waals surface area (Å²) >= 11 is 1.85. The van der Waals surface area contributed by atoms with E-state index in [0.717, 1.165) is 26.1 Å². The van der Waals surface area contributed by atoms with Crippen LogP contribution in [0, 0.1) is 0 Å². The fourth-order valence-corrected chi connectivity index (χ4v) is 3.28. The van der Waals surface area contributed by atoms with Crippen molar-refractivity contribution >= 4 is 17.4 Å². The smallest absolute Gasteiger partial charge is 0.315 e. The maximum atomic E-state index is 11.6. The van der Waals surface area contributed by atoms with Crippen LogP contribution in [-0.4, -0.2) is 50.3 Å². The average Bonchev–Trinajstić information content (AvgIpc) is 2.86. The molecule has 0 spiro atoms. The van der Waals surface area contributed by atoms with E-state index in [-0.39, 0.29) is 12.1 Å². The highest BCUT2D eigenvalue weighted by Gasteiger charge is 2.16. The molecule has 2 heterocycles. The standard InChI is InChI=1S/C14H23N3O2S/c1-11(10-19-2)16-14(18)15-5-7-17-6-3-13-12(9-17)4-8-20-13/h4,8,11H,3,5-7,9-10H2,1-2H3,(H2,15,16,18). The summed E-state index contributed by atoms with van der Waals surface area (Å²) in [6, 6.07) is 2.12. The molecule has 0 bridgehead atoms. The topological polar surface area (TPSA) is 53.6 Å². The van der Waals surface area contributed by atoms with Gasteiger partial charge in [0, 0.05) is 38.2 Å². The fraction of sp³-hybridized carbons (Fsp3) is 0.643. The zero-order valence-electron chi connectivity index (χ0n) is 12.1. The maximum Gasteiger partial charge on any atom is 0.315 e. The summed E-state index contributed by atoms with van der Waals surface area (Å²) in [4.78, 5) is 15.5. The molecule has 0 fully saturated rings. The molecule has 1 atom stereocenters. The lowest BCUT2D eigenvalue weighted by Crippen LogP contribution is -2.45. The third-order valence-electron chi connectivity index (χ3n) is 3.39. The van der Waals surface area contributed by atoms with Crippen molar-refractivity contribution in [2.24, 2.45) is 0 Å². The molecule has 2 rings (SSSR count). The lowest BCUT2D eigenvalue weighted by molar-refractivity contribution is 0.170. The Bertz CT molecular complexity index is 436. The molecule has 5 nitrogen and oxygen atoms in total. The van der Waals surface area contributed by atoms with Gasteiger partial charge in [-0.05, 0) is 30.4 Å². The highest BCUT2D eigenvalue weighted by atomic mass is 32.1. The number of carbonyl (C=O) groups excluding carboxylic acids is 1. The van der Waals surface area contributed by atoms with Crippen LogP contribution in [0.2, 0.25) is 0 Å². The van der Waals surface area contributed by atoms with E-state index in [1.165, 1.54) is 10.4 Å². The van der Waals surface area contributed by atoms with Gasteiger partial charge >= 0.3 is 6.03 Å². The Hall–Kier alpha value is -1.11. The van der Waals surface area contributed by atoms with Crippen LogP contribution >= 0.6 is 11.3 Å². The van der Waals surface area contributed by atoms with Gasteiger partial charge in [0.15, 0.2) is 0 Å². The van der Waals surface area contributed by atoms with Gasteiger partial charge in [0.2, 0.25) is 0 Å². The minimum Gasteiger partial charge on any atom is -0.383 e. The Morgan fingerprint density at radius 3 is 3.25 bits per heavy atom. The van der Waals surface area contributed by atoms with Gasteiger partial charge < -0.3 is 15.4 Å². The number of thiophene rings is 1. The number of nitrogens with one attached hydrogen (secondary N) is 2. The minimum absolute atomic E-state index is 0.0309. The molecule has 1 aliphatic heterocycles. The molecule has 0 saturated heterocycles. The molecular formula is C14H23N3O2S. The molecule has 0 aliphatic carbocycles. The molecule has 1 aromatic rings. The van der Waals surface area contributed by atoms with Crippen molar-refractivity contribution in [2.45, 2.75) is 25.9 Å². The third kappa shape index (κ3) is 4.47. The zero-order valence-corrected chi connectivity index (χ0v) is 13.0. The van der Waals surface area contributed by atoms with E-state index in [1.807, 2.05) is 18.3 Å². The van der Waals surface area contributed by atoms with Crippen molar-refractivity contribution in [3.8, 4) is 0 Å². The summed E-state index contributed by atoms with van der Waals surface area (Å²) in [7, 11) is 1.63. The van der Waals surface area contributed by atoms with Gasteiger partial charge in [-0.1, -0.05) is 0 Å². The maximum absolute atomic E-state index is 11.6. The van der Waals surface area contributed by atoms with Crippen LogP contribution < -0.4 is 10.6 Å². The Kier molecular flexibility index (Phi) is 5.82. The summed E-state index contributed by atoms with van der Waals surface area (Å²) in [5, 5.41) is 7.89. The number of hydrogen-bond donors (Lipinski definition) is 2. The van der Waals surface area contributed by atoms with Crippen LogP contribution in [0.3, 0.4) is 0 Å². The van der Waals surface area contributed by atoms with Crippen molar-refractivity contribution < 1.29 is 9.53 Å². The van der Waals surface area contributed by atoms with E-state index in [0.29, 0.717) is 13.2 Å². The number of amides is 2. The van der Waals surface area contributed by atoms with E-state index in [9.17, 15) is 4.79 Å². The van der Waals surface area contributed by atoms with Crippen molar-refractivity contribution in [3.63, 3.8) is 0 Å². The predicted octanol–water partition coefficient (Wildman–Crippen LogP) is 1.44. The highest BCUT2D eigenvalue weighted by Crippen LogP contribution is 2.23. The van der Waals surface area contributed by atoms with Crippen LogP contribution in [0.15, 0.2) is 11.4 Å². The SMILES string of the molecule is COCC(C)NC(=O)NCCN1CCc2sccc2C1. The third-order valence-corrected chi connectivity index (χ3v) is 4.42. The zero-order chi connectivity index (χ0) is 14.4. The Labute approximate surface area is 124 Å². The van der Waals surface area contributed by atoms with Gasteiger partial charge in [0.1, 0.15) is 0 Å². The molecule has 0 aromatic carbocycles. The first kappa shape index (κ1) is 15.3. The molecule has 0 saturated carbocycles.